The lowest BCUT2D eigenvalue weighted by Crippen LogP contribution is -2.28. The van der Waals surface area contributed by atoms with Crippen molar-refractivity contribution in [2.45, 2.75) is 52.7 Å². The number of hydrogen-bond donors (Lipinski definition) is 0. The summed E-state index contributed by atoms with van der Waals surface area (Å²) in [6, 6.07) is 0. The lowest BCUT2D eigenvalue weighted by molar-refractivity contribution is -0.283. The zero-order chi connectivity index (χ0) is 10.5. The van der Waals surface area contributed by atoms with Crippen molar-refractivity contribution in [3.8, 4) is 0 Å². The molecule has 78 valence electrons. The van der Waals surface area contributed by atoms with Crippen molar-refractivity contribution in [3.63, 3.8) is 0 Å². The van der Waals surface area contributed by atoms with E-state index in [2.05, 4.69) is 9.78 Å². The van der Waals surface area contributed by atoms with Crippen LogP contribution in [-0.2, 0) is 14.5 Å². The fraction of sp³-hybridized carbons (Fsp3) is 0.889. The van der Waals surface area contributed by atoms with E-state index in [-0.39, 0.29) is 6.10 Å². The van der Waals surface area contributed by atoms with E-state index in [0.717, 1.165) is 6.42 Å². The molecule has 0 aliphatic carbocycles. The van der Waals surface area contributed by atoms with Crippen LogP contribution >= 0.6 is 0 Å². The van der Waals surface area contributed by atoms with Crippen LogP contribution in [-0.4, -0.2) is 17.9 Å². The molecule has 4 heteroatoms. The third-order valence-corrected chi connectivity index (χ3v) is 1.52. The Balaban J connectivity index is 3.74. The van der Waals surface area contributed by atoms with Gasteiger partial charge in [0.2, 0.25) is 0 Å². The van der Waals surface area contributed by atoms with Crippen molar-refractivity contribution >= 4 is 6.16 Å². The Kier molecular flexibility index (Phi) is 4.77. The van der Waals surface area contributed by atoms with Crippen LogP contribution in [0.4, 0.5) is 4.79 Å². The topological polar surface area (TPSA) is 44.8 Å². The molecule has 0 aliphatic heterocycles. The predicted molar refractivity (Wildman–Crippen MR) is 48.2 cm³/mol. The summed E-state index contributed by atoms with van der Waals surface area (Å²) >= 11 is 0. The van der Waals surface area contributed by atoms with Crippen molar-refractivity contribution in [2.75, 3.05) is 0 Å². The van der Waals surface area contributed by atoms with Crippen LogP contribution in [0.25, 0.3) is 0 Å². The second-order valence-electron chi connectivity index (χ2n) is 3.69. The molecule has 0 amide bonds. The van der Waals surface area contributed by atoms with E-state index < -0.39 is 11.8 Å². The summed E-state index contributed by atoms with van der Waals surface area (Å²) in [5, 5.41) is 0. The highest BCUT2D eigenvalue weighted by Crippen LogP contribution is 2.14. The van der Waals surface area contributed by atoms with Gasteiger partial charge in [-0.25, -0.2) is 4.79 Å². The smallest absolute Gasteiger partial charge is 0.426 e. The fourth-order valence-electron chi connectivity index (χ4n) is 0.450. The van der Waals surface area contributed by atoms with Crippen LogP contribution in [0, 0.1) is 0 Å². The highest BCUT2D eigenvalue weighted by atomic mass is 17.2. The molecule has 0 aliphatic rings. The van der Waals surface area contributed by atoms with Gasteiger partial charge in [0.05, 0.1) is 6.10 Å². The molecule has 0 aromatic carbocycles. The molecule has 0 bridgehead atoms. The summed E-state index contributed by atoms with van der Waals surface area (Å²) in [5.41, 5.74) is -0.503. The maximum Gasteiger partial charge on any atom is 0.540 e. The largest absolute Gasteiger partial charge is 0.540 e. The van der Waals surface area contributed by atoms with Crippen LogP contribution in [0.3, 0.4) is 0 Å². The summed E-state index contributed by atoms with van der Waals surface area (Å²) in [5.74, 6) is 0. The van der Waals surface area contributed by atoms with Crippen LogP contribution in [0.5, 0.6) is 0 Å². The Bertz CT molecular complexity index is 163. The molecule has 0 unspecified atom stereocenters. The van der Waals surface area contributed by atoms with Crippen LogP contribution in [0.15, 0.2) is 0 Å². The van der Waals surface area contributed by atoms with E-state index >= 15 is 0 Å². The Morgan fingerprint density at radius 3 is 2.31 bits per heavy atom. The van der Waals surface area contributed by atoms with Crippen molar-refractivity contribution in [1.29, 1.82) is 0 Å². The molecular formula is C9H18O4. The maximum absolute atomic E-state index is 11.0. The average Bonchev–Trinajstić information content (AvgIpc) is 2.00. The van der Waals surface area contributed by atoms with E-state index in [9.17, 15) is 4.79 Å². The van der Waals surface area contributed by atoms with E-state index in [1.165, 1.54) is 0 Å². The molecule has 0 rings (SSSR count). The summed E-state index contributed by atoms with van der Waals surface area (Å²) < 4.78 is 4.95. The molecule has 0 spiro atoms. The number of carbonyl (C=O) groups is 1. The van der Waals surface area contributed by atoms with Gasteiger partial charge in [0.15, 0.2) is 0 Å². The van der Waals surface area contributed by atoms with Gasteiger partial charge < -0.3 is 4.74 Å². The highest BCUT2D eigenvalue weighted by Gasteiger charge is 2.22. The van der Waals surface area contributed by atoms with Crippen molar-refractivity contribution < 1.29 is 19.3 Å². The lowest BCUT2D eigenvalue weighted by atomic mass is 10.1. The zero-order valence-corrected chi connectivity index (χ0v) is 8.92. The first kappa shape index (κ1) is 12.2. The Hall–Kier alpha value is -0.770. The van der Waals surface area contributed by atoms with Gasteiger partial charge in [-0.1, -0.05) is 6.92 Å². The molecular weight excluding hydrogens is 172 g/mol. The van der Waals surface area contributed by atoms with Gasteiger partial charge in [0, 0.05) is 0 Å². The first-order valence-electron chi connectivity index (χ1n) is 4.43. The molecule has 0 aromatic heterocycles. The second kappa shape index (κ2) is 5.07. The van der Waals surface area contributed by atoms with Gasteiger partial charge in [-0.05, 0) is 34.1 Å². The number of hydrogen-bond acceptors (Lipinski definition) is 4. The van der Waals surface area contributed by atoms with Crippen molar-refractivity contribution in [3.05, 3.63) is 0 Å². The Morgan fingerprint density at radius 1 is 1.38 bits per heavy atom. The van der Waals surface area contributed by atoms with E-state index in [1.54, 1.807) is 13.8 Å². The molecule has 0 heterocycles. The van der Waals surface area contributed by atoms with Gasteiger partial charge >= 0.3 is 6.16 Å². The molecule has 0 atom stereocenters. The zero-order valence-electron chi connectivity index (χ0n) is 8.92. The van der Waals surface area contributed by atoms with E-state index in [4.69, 9.17) is 4.74 Å². The molecule has 13 heavy (non-hydrogen) atoms. The predicted octanol–water partition coefficient (Wildman–Crippen LogP) is 2.67. The summed E-state index contributed by atoms with van der Waals surface area (Å²) in [7, 11) is 0. The molecule has 0 N–H and O–H groups in total. The van der Waals surface area contributed by atoms with Gasteiger partial charge in [-0.3, -0.25) is 4.89 Å². The summed E-state index contributed by atoms with van der Waals surface area (Å²) in [6.45, 7) is 9.07. The molecule has 0 saturated heterocycles. The normalized spacial score (nSPS) is 11.5. The van der Waals surface area contributed by atoms with Gasteiger partial charge in [-0.2, -0.15) is 4.89 Å². The molecule has 0 radical (unpaired) electrons. The second-order valence-corrected chi connectivity index (χ2v) is 3.69. The minimum absolute atomic E-state index is 0.155. The SMILES string of the molecule is CCC(C)(C)OC(=O)OOC(C)C. The Morgan fingerprint density at radius 2 is 1.92 bits per heavy atom. The number of rotatable bonds is 4. The van der Waals surface area contributed by atoms with Crippen LogP contribution in [0.1, 0.15) is 41.0 Å². The lowest BCUT2D eigenvalue weighted by Gasteiger charge is -2.21. The summed E-state index contributed by atoms with van der Waals surface area (Å²) in [4.78, 5) is 20.0. The van der Waals surface area contributed by atoms with Crippen LogP contribution < -0.4 is 0 Å². The highest BCUT2D eigenvalue weighted by molar-refractivity contribution is 5.59. The standard InChI is InChI=1S/C9H18O4/c1-6-9(4,5)11-8(10)13-12-7(2)3/h7H,6H2,1-5H3. The summed E-state index contributed by atoms with van der Waals surface area (Å²) in [6.07, 6.45) is -0.220. The average molecular weight is 190 g/mol. The molecule has 0 aromatic rings. The van der Waals surface area contributed by atoms with Gasteiger partial charge in [-0.15, -0.1) is 0 Å². The minimum atomic E-state index is -0.791. The minimum Gasteiger partial charge on any atom is -0.426 e. The monoisotopic (exact) mass is 190 g/mol. The maximum atomic E-state index is 11.0. The molecule has 0 fully saturated rings. The number of ether oxygens (including phenoxy) is 1. The first-order chi connectivity index (χ1) is 5.87. The van der Waals surface area contributed by atoms with Gasteiger partial charge in [0.1, 0.15) is 5.60 Å². The third-order valence-electron chi connectivity index (χ3n) is 1.52. The van der Waals surface area contributed by atoms with Gasteiger partial charge in [0.25, 0.3) is 0 Å². The quantitative estimate of drug-likeness (QED) is 0.388. The number of carbonyl (C=O) groups excluding carboxylic acids is 1. The van der Waals surface area contributed by atoms with Crippen LogP contribution in [0.2, 0.25) is 0 Å². The first-order valence-corrected chi connectivity index (χ1v) is 4.43. The third kappa shape index (κ3) is 6.40. The molecule has 4 nitrogen and oxygen atoms in total. The Labute approximate surface area is 79.1 Å². The molecule has 0 saturated carbocycles. The fourth-order valence-corrected chi connectivity index (χ4v) is 0.450. The van der Waals surface area contributed by atoms with Crippen molar-refractivity contribution in [1.82, 2.24) is 0 Å². The van der Waals surface area contributed by atoms with E-state index in [1.807, 2.05) is 20.8 Å². The van der Waals surface area contributed by atoms with Crippen molar-refractivity contribution in [2.24, 2.45) is 0 Å². The van der Waals surface area contributed by atoms with E-state index in [0.29, 0.717) is 0 Å².